The average Bonchev–Trinajstić information content (AvgIpc) is 2.49. The van der Waals surface area contributed by atoms with Crippen LogP contribution in [0.1, 0.15) is 36.9 Å². The highest BCUT2D eigenvalue weighted by Crippen LogP contribution is 2.23. The molecule has 1 aromatic rings. The van der Waals surface area contributed by atoms with Gasteiger partial charge in [-0.2, -0.15) is 0 Å². The number of carbonyl (C=O) groups excluding carboxylic acids is 2. The van der Waals surface area contributed by atoms with E-state index in [1.807, 2.05) is 50.2 Å². The second kappa shape index (κ2) is 9.30. The van der Waals surface area contributed by atoms with Crippen LogP contribution in [-0.2, 0) is 9.59 Å². The molecule has 0 aliphatic heterocycles. The van der Waals surface area contributed by atoms with Crippen LogP contribution in [-0.4, -0.2) is 55.8 Å². The molecule has 0 heterocycles. The summed E-state index contributed by atoms with van der Waals surface area (Å²) in [5, 5.41) is 2.84. The number of amides is 2. The molecule has 0 radical (unpaired) electrons. The molecule has 128 valence electrons. The lowest BCUT2D eigenvalue weighted by molar-refractivity contribution is -0.138. The molecule has 5 heteroatoms. The van der Waals surface area contributed by atoms with Crippen LogP contribution >= 0.6 is 0 Å². The Labute approximate surface area is 139 Å². The lowest BCUT2D eigenvalue weighted by atomic mass is 9.99. The van der Waals surface area contributed by atoms with Gasteiger partial charge in [0.15, 0.2) is 0 Å². The molecule has 1 rings (SSSR count). The van der Waals surface area contributed by atoms with E-state index in [0.717, 1.165) is 24.0 Å². The number of carbonyl (C=O) groups is 2. The quantitative estimate of drug-likeness (QED) is 0.745. The standard InChI is InChI=1S/C18H29N3O2/c1-6-7-12-19-16(22)13-21(5)18(23)17(20(3)4)15-11-9-8-10-14(15)2/h8-11,17H,6-7,12-13H2,1-5H3,(H,19,22)/t17-/m0/s1. The Balaban J connectivity index is 2.78. The van der Waals surface area contributed by atoms with Crippen LogP contribution in [0.3, 0.4) is 0 Å². The molecule has 2 amide bonds. The van der Waals surface area contributed by atoms with E-state index in [1.165, 1.54) is 4.90 Å². The minimum atomic E-state index is -0.385. The number of benzene rings is 1. The molecule has 0 aromatic heterocycles. The van der Waals surface area contributed by atoms with Gasteiger partial charge in [-0.15, -0.1) is 0 Å². The number of rotatable bonds is 8. The average molecular weight is 319 g/mol. The van der Waals surface area contributed by atoms with E-state index in [0.29, 0.717) is 6.54 Å². The summed E-state index contributed by atoms with van der Waals surface area (Å²) < 4.78 is 0. The predicted octanol–water partition coefficient (Wildman–Crippen LogP) is 1.97. The van der Waals surface area contributed by atoms with Crippen molar-refractivity contribution in [3.8, 4) is 0 Å². The van der Waals surface area contributed by atoms with Crippen molar-refractivity contribution in [1.82, 2.24) is 15.1 Å². The van der Waals surface area contributed by atoms with Crippen molar-refractivity contribution in [2.45, 2.75) is 32.7 Å². The maximum absolute atomic E-state index is 12.8. The van der Waals surface area contributed by atoms with Crippen molar-refractivity contribution < 1.29 is 9.59 Å². The molecule has 23 heavy (non-hydrogen) atoms. The van der Waals surface area contributed by atoms with E-state index in [9.17, 15) is 9.59 Å². The Morgan fingerprint density at radius 2 is 1.83 bits per heavy atom. The van der Waals surface area contributed by atoms with Gasteiger partial charge in [0.05, 0.1) is 6.54 Å². The minimum absolute atomic E-state index is 0.0741. The Hall–Kier alpha value is -1.88. The van der Waals surface area contributed by atoms with Crippen LogP contribution in [0.15, 0.2) is 24.3 Å². The predicted molar refractivity (Wildman–Crippen MR) is 93.2 cm³/mol. The first-order valence-electron chi connectivity index (χ1n) is 8.12. The van der Waals surface area contributed by atoms with Gasteiger partial charge in [0.25, 0.3) is 0 Å². The molecule has 1 atom stereocenters. The SMILES string of the molecule is CCCCNC(=O)CN(C)C(=O)[C@H](c1ccccc1C)N(C)C. The number of hydrogen-bond donors (Lipinski definition) is 1. The smallest absolute Gasteiger partial charge is 0.244 e. The molecule has 1 aromatic carbocycles. The van der Waals surface area contributed by atoms with E-state index in [4.69, 9.17) is 0 Å². The summed E-state index contributed by atoms with van der Waals surface area (Å²) in [6.07, 6.45) is 1.98. The second-order valence-electron chi connectivity index (χ2n) is 6.12. The van der Waals surface area contributed by atoms with Gasteiger partial charge in [0.2, 0.25) is 11.8 Å². The lowest BCUT2D eigenvalue weighted by Crippen LogP contribution is -2.43. The first-order valence-corrected chi connectivity index (χ1v) is 8.12. The number of unbranched alkanes of at least 4 members (excludes halogenated alkanes) is 1. The van der Waals surface area contributed by atoms with Gasteiger partial charge in [-0.3, -0.25) is 14.5 Å². The Bertz CT molecular complexity index is 529. The fourth-order valence-corrected chi connectivity index (χ4v) is 2.49. The molecule has 0 unspecified atom stereocenters. The van der Waals surface area contributed by atoms with Crippen molar-refractivity contribution in [2.75, 3.05) is 34.2 Å². The van der Waals surface area contributed by atoms with Gasteiger partial charge in [-0.05, 0) is 38.6 Å². The van der Waals surface area contributed by atoms with Crippen LogP contribution in [0.2, 0.25) is 0 Å². The van der Waals surface area contributed by atoms with Crippen LogP contribution in [0, 0.1) is 6.92 Å². The summed E-state index contributed by atoms with van der Waals surface area (Å²) in [6, 6.07) is 7.47. The molecule has 0 saturated carbocycles. The highest BCUT2D eigenvalue weighted by Gasteiger charge is 2.27. The lowest BCUT2D eigenvalue weighted by Gasteiger charge is -2.29. The number of aryl methyl sites for hydroxylation is 1. The second-order valence-corrected chi connectivity index (χ2v) is 6.12. The first-order chi connectivity index (χ1) is 10.9. The third kappa shape index (κ3) is 5.67. The summed E-state index contributed by atoms with van der Waals surface area (Å²) in [4.78, 5) is 28.1. The fourth-order valence-electron chi connectivity index (χ4n) is 2.49. The van der Waals surface area contributed by atoms with Crippen LogP contribution in [0.5, 0.6) is 0 Å². The number of likely N-dealkylation sites (N-methyl/N-ethyl adjacent to an activating group) is 2. The molecule has 0 fully saturated rings. The summed E-state index contributed by atoms with van der Waals surface area (Å²) in [5.74, 6) is -0.188. The Kier molecular flexibility index (Phi) is 7.75. The Morgan fingerprint density at radius 3 is 2.39 bits per heavy atom. The van der Waals surface area contributed by atoms with Crippen molar-refractivity contribution in [3.05, 3.63) is 35.4 Å². The van der Waals surface area contributed by atoms with Crippen LogP contribution in [0.4, 0.5) is 0 Å². The molecule has 0 saturated heterocycles. The zero-order valence-corrected chi connectivity index (χ0v) is 14.9. The van der Waals surface area contributed by atoms with E-state index >= 15 is 0 Å². The van der Waals surface area contributed by atoms with Gasteiger partial charge in [-0.25, -0.2) is 0 Å². The molecule has 0 aliphatic rings. The zero-order valence-electron chi connectivity index (χ0n) is 14.9. The fraction of sp³-hybridized carbons (Fsp3) is 0.556. The van der Waals surface area contributed by atoms with E-state index in [1.54, 1.807) is 7.05 Å². The molecule has 0 spiro atoms. The maximum atomic E-state index is 12.8. The van der Waals surface area contributed by atoms with Gasteiger partial charge < -0.3 is 10.2 Å². The third-order valence-electron chi connectivity index (χ3n) is 3.84. The van der Waals surface area contributed by atoms with Gasteiger partial charge in [-0.1, -0.05) is 37.6 Å². The van der Waals surface area contributed by atoms with Crippen molar-refractivity contribution in [1.29, 1.82) is 0 Å². The third-order valence-corrected chi connectivity index (χ3v) is 3.84. The molecule has 1 N–H and O–H groups in total. The van der Waals surface area contributed by atoms with Crippen LogP contribution < -0.4 is 5.32 Å². The summed E-state index contributed by atoms with van der Waals surface area (Å²) in [6.45, 7) is 4.81. The zero-order chi connectivity index (χ0) is 17.4. The Morgan fingerprint density at radius 1 is 1.17 bits per heavy atom. The monoisotopic (exact) mass is 319 g/mol. The number of nitrogens with one attached hydrogen (secondary N) is 1. The first kappa shape index (κ1) is 19.2. The normalized spacial score (nSPS) is 12.1. The van der Waals surface area contributed by atoms with E-state index in [-0.39, 0.29) is 24.4 Å². The molecule has 0 aliphatic carbocycles. The minimum Gasteiger partial charge on any atom is -0.355 e. The van der Waals surface area contributed by atoms with Crippen molar-refractivity contribution in [3.63, 3.8) is 0 Å². The van der Waals surface area contributed by atoms with Gasteiger partial charge in [0.1, 0.15) is 6.04 Å². The van der Waals surface area contributed by atoms with Gasteiger partial charge in [0, 0.05) is 13.6 Å². The molecular weight excluding hydrogens is 290 g/mol. The topological polar surface area (TPSA) is 52.7 Å². The van der Waals surface area contributed by atoms with E-state index < -0.39 is 0 Å². The molecular formula is C18H29N3O2. The number of nitrogens with zero attached hydrogens (tertiary/aromatic N) is 2. The maximum Gasteiger partial charge on any atom is 0.244 e. The van der Waals surface area contributed by atoms with Crippen molar-refractivity contribution >= 4 is 11.8 Å². The molecule has 5 nitrogen and oxygen atoms in total. The summed E-state index contributed by atoms with van der Waals surface area (Å²) >= 11 is 0. The summed E-state index contributed by atoms with van der Waals surface area (Å²) in [7, 11) is 5.44. The summed E-state index contributed by atoms with van der Waals surface area (Å²) in [5.41, 5.74) is 2.04. The van der Waals surface area contributed by atoms with Crippen molar-refractivity contribution in [2.24, 2.45) is 0 Å². The van der Waals surface area contributed by atoms with Crippen LogP contribution in [0.25, 0.3) is 0 Å². The van der Waals surface area contributed by atoms with Gasteiger partial charge >= 0.3 is 0 Å². The number of hydrogen-bond acceptors (Lipinski definition) is 3. The van der Waals surface area contributed by atoms with E-state index in [2.05, 4.69) is 12.2 Å². The highest BCUT2D eigenvalue weighted by atomic mass is 16.2. The molecule has 0 bridgehead atoms. The largest absolute Gasteiger partial charge is 0.355 e. The highest BCUT2D eigenvalue weighted by molar-refractivity contribution is 5.88.